The van der Waals surface area contributed by atoms with Gasteiger partial charge in [-0.2, -0.15) is 0 Å². The van der Waals surface area contributed by atoms with Crippen LogP contribution in [-0.4, -0.2) is 106 Å². The maximum Gasteiger partial charge on any atom is 0.107 e. The van der Waals surface area contributed by atoms with Crippen LogP contribution in [0.5, 0.6) is 0 Å². The molecule has 0 atom stereocenters. The van der Waals surface area contributed by atoms with Crippen LogP contribution in [-0.2, 0) is 37.9 Å². The van der Waals surface area contributed by atoms with E-state index in [-0.39, 0.29) is 0 Å². The van der Waals surface area contributed by atoms with Crippen LogP contribution in [0.1, 0.15) is 39.0 Å². The third-order valence-corrected chi connectivity index (χ3v) is 4.18. The van der Waals surface area contributed by atoms with Gasteiger partial charge in [-0.15, -0.1) is 6.42 Å². The number of hydrogen-bond donors (Lipinski definition) is 0. The maximum atomic E-state index is 5.54. The largest absolute Gasteiger partial charge is 0.379 e. The SMILES string of the molecule is C#CCOCCOCCOCCOCCOCCOCCOCCOCCCCCCC. The van der Waals surface area contributed by atoms with Crippen molar-refractivity contribution in [1.82, 2.24) is 0 Å². The summed E-state index contributed by atoms with van der Waals surface area (Å²) in [5.74, 6) is 2.40. The minimum Gasteiger partial charge on any atom is -0.379 e. The summed E-state index contributed by atoms with van der Waals surface area (Å²) in [7, 11) is 0. The van der Waals surface area contributed by atoms with Gasteiger partial charge in [-0.1, -0.05) is 38.5 Å². The molecule has 0 unspecified atom stereocenters. The number of terminal acetylenes is 1. The van der Waals surface area contributed by atoms with E-state index in [1.807, 2.05) is 0 Å². The fraction of sp³-hybridized carbons (Fsp3) is 0.917. The standard InChI is InChI=1S/C24H46O8/c1-3-5-6-7-8-10-26-12-14-28-16-18-30-20-22-32-24-23-31-21-19-29-17-15-27-13-11-25-9-4-2/h2H,3,5-24H2,1H3. The Morgan fingerprint density at radius 2 is 0.719 bits per heavy atom. The van der Waals surface area contributed by atoms with Crippen molar-refractivity contribution >= 4 is 0 Å². The summed E-state index contributed by atoms with van der Waals surface area (Å²) >= 11 is 0. The number of unbranched alkanes of at least 4 members (excludes halogenated alkanes) is 4. The van der Waals surface area contributed by atoms with E-state index in [0.717, 1.165) is 13.0 Å². The molecule has 190 valence electrons. The highest BCUT2D eigenvalue weighted by atomic mass is 16.6. The average molecular weight is 463 g/mol. The Morgan fingerprint density at radius 3 is 1.06 bits per heavy atom. The maximum absolute atomic E-state index is 5.54. The molecule has 0 saturated carbocycles. The molecular formula is C24H46O8. The molecule has 0 aliphatic rings. The van der Waals surface area contributed by atoms with Gasteiger partial charge in [0.15, 0.2) is 0 Å². The zero-order valence-corrected chi connectivity index (χ0v) is 20.2. The van der Waals surface area contributed by atoms with Crippen LogP contribution in [0.3, 0.4) is 0 Å². The fourth-order valence-electron chi connectivity index (χ4n) is 2.48. The highest BCUT2D eigenvalue weighted by molar-refractivity contribution is 4.82. The van der Waals surface area contributed by atoms with Gasteiger partial charge in [-0.25, -0.2) is 0 Å². The van der Waals surface area contributed by atoms with Crippen LogP contribution < -0.4 is 0 Å². The molecule has 0 aromatic carbocycles. The van der Waals surface area contributed by atoms with Crippen molar-refractivity contribution in [2.24, 2.45) is 0 Å². The van der Waals surface area contributed by atoms with Gasteiger partial charge < -0.3 is 37.9 Å². The normalized spacial score (nSPS) is 11.1. The first-order chi connectivity index (χ1) is 15.9. The molecule has 0 spiro atoms. The van der Waals surface area contributed by atoms with Crippen molar-refractivity contribution in [3.05, 3.63) is 0 Å². The van der Waals surface area contributed by atoms with Crippen molar-refractivity contribution < 1.29 is 37.9 Å². The highest BCUT2D eigenvalue weighted by Gasteiger charge is 1.95. The molecule has 0 aliphatic heterocycles. The van der Waals surface area contributed by atoms with E-state index in [1.54, 1.807) is 0 Å². The van der Waals surface area contributed by atoms with Gasteiger partial charge in [0, 0.05) is 6.61 Å². The van der Waals surface area contributed by atoms with Gasteiger partial charge in [-0.05, 0) is 6.42 Å². The smallest absolute Gasteiger partial charge is 0.107 e. The molecule has 32 heavy (non-hydrogen) atoms. The third kappa shape index (κ3) is 29.2. The van der Waals surface area contributed by atoms with E-state index in [9.17, 15) is 0 Å². The molecule has 0 radical (unpaired) electrons. The Bertz CT molecular complexity index is 376. The van der Waals surface area contributed by atoms with E-state index in [2.05, 4.69) is 12.8 Å². The first-order valence-electron chi connectivity index (χ1n) is 12.0. The van der Waals surface area contributed by atoms with Crippen molar-refractivity contribution in [2.45, 2.75) is 39.0 Å². The van der Waals surface area contributed by atoms with Crippen LogP contribution >= 0.6 is 0 Å². The Kier molecular flexibility index (Phi) is 29.5. The minimum atomic E-state index is 0.318. The second kappa shape index (κ2) is 30.2. The molecule has 0 rings (SSSR count). The molecule has 0 amide bonds. The number of hydrogen-bond acceptors (Lipinski definition) is 8. The predicted octanol–water partition coefficient (Wildman–Crippen LogP) is 2.72. The molecular weight excluding hydrogens is 416 g/mol. The summed E-state index contributed by atoms with van der Waals surface area (Å²) < 4.78 is 43.1. The Hall–Kier alpha value is -0.760. The van der Waals surface area contributed by atoms with Gasteiger partial charge in [0.05, 0.1) is 92.5 Å². The Balaban J connectivity index is 2.99. The van der Waals surface area contributed by atoms with Gasteiger partial charge in [0.25, 0.3) is 0 Å². The molecule has 0 aliphatic carbocycles. The number of rotatable bonds is 28. The van der Waals surface area contributed by atoms with Crippen LogP contribution in [0.25, 0.3) is 0 Å². The topological polar surface area (TPSA) is 73.8 Å². The third-order valence-electron chi connectivity index (χ3n) is 4.18. The molecule has 0 fully saturated rings. The first-order valence-corrected chi connectivity index (χ1v) is 12.0. The lowest BCUT2D eigenvalue weighted by Gasteiger charge is -2.08. The van der Waals surface area contributed by atoms with E-state index in [1.165, 1.54) is 25.7 Å². The van der Waals surface area contributed by atoms with Crippen LogP contribution in [0.2, 0.25) is 0 Å². The lowest BCUT2D eigenvalue weighted by atomic mass is 10.2. The lowest BCUT2D eigenvalue weighted by molar-refractivity contribution is -0.0225. The summed E-state index contributed by atoms with van der Waals surface area (Å²) in [6.07, 6.45) is 11.4. The zero-order valence-electron chi connectivity index (χ0n) is 20.2. The van der Waals surface area contributed by atoms with Gasteiger partial charge in [0.1, 0.15) is 6.61 Å². The highest BCUT2D eigenvalue weighted by Crippen LogP contribution is 2.02. The Labute approximate surface area is 195 Å². The van der Waals surface area contributed by atoms with E-state index < -0.39 is 0 Å². The molecule has 0 aromatic heterocycles. The minimum absolute atomic E-state index is 0.318. The number of ether oxygens (including phenoxy) is 8. The van der Waals surface area contributed by atoms with Gasteiger partial charge in [0.2, 0.25) is 0 Å². The van der Waals surface area contributed by atoms with Gasteiger partial charge >= 0.3 is 0 Å². The van der Waals surface area contributed by atoms with Crippen molar-refractivity contribution in [3.8, 4) is 12.3 Å². The van der Waals surface area contributed by atoms with Crippen LogP contribution in [0, 0.1) is 12.3 Å². The molecule has 0 heterocycles. The molecule has 0 aromatic rings. The predicted molar refractivity (Wildman–Crippen MR) is 124 cm³/mol. The second-order valence-corrected chi connectivity index (χ2v) is 6.96. The van der Waals surface area contributed by atoms with Gasteiger partial charge in [-0.3, -0.25) is 0 Å². The molecule has 0 bridgehead atoms. The first kappa shape index (κ1) is 31.2. The quantitative estimate of drug-likeness (QED) is 0.130. The van der Waals surface area contributed by atoms with Crippen molar-refractivity contribution in [2.75, 3.05) is 106 Å². The fourth-order valence-corrected chi connectivity index (χ4v) is 2.48. The summed E-state index contributed by atoms with van der Waals surface area (Å²) in [4.78, 5) is 0. The van der Waals surface area contributed by atoms with Crippen molar-refractivity contribution in [3.63, 3.8) is 0 Å². The summed E-state index contributed by atoms with van der Waals surface area (Å²) in [5.41, 5.74) is 0. The molecule has 0 saturated heterocycles. The molecule has 0 N–H and O–H groups in total. The van der Waals surface area contributed by atoms with E-state index >= 15 is 0 Å². The van der Waals surface area contributed by atoms with Crippen molar-refractivity contribution in [1.29, 1.82) is 0 Å². The Morgan fingerprint density at radius 1 is 0.406 bits per heavy atom. The molecule has 8 nitrogen and oxygen atoms in total. The summed E-state index contributed by atoms with van der Waals surface area (Å²) in [6.45, 7) is 11.1. The average Bonchev–Trinajstić information content (AvgIpc) is 2.81. The summed E-state index contributed by atoms with van der Waals surface area (Å²) in [5, 5.41) is 0. The lowest BCUT2D eigenvalue weighted by Crippen LogP contribution is -2.15. The second-order valence-electron chi connectivity index (χ2n) is 6.96. The van der Waals surface area contributed by atoms with E-state index in [4.69, 9.17) is 44.3 Å². The monoisotopic (exact) mass is 462 g/mol. The summed E-state index contributed by atoms with van der Waals surface area (Å²) in [6, 6.07) is 0. The van der Waals surface area contributed by atoms with Crippen LogP contribution in [0.4, 0.5) is 0 Å². The van der Waals surface area contributed by atoms with E-state index in [0.29, 0.717) is 99.1 Å². The zero-order chi connectivity index (χ0) is 23.2. The molecule has 8 heteroatoms. The van der Waals surface area contributed by atoms with Crippen LogP contribution in [0.15, 0.2) is 0 Å².